The fourth-order valence-electron chi connectivity index (χ4n) is 5.50. The van der Waals surface area contributed by atoms with Gasteiger partial charge in [-0.1, -0.05) is 12.8 Å². The third-order valence-electron chi connectivity index (χ3n) is 6.67. The van der Waals surface area contributed by atoms with Crippen LogP contribution in [0.2, 0.25) is 0 Å². The zero-order valence-electron chi connectivity index (χ0n) is 13.7. The maximum absolute atomic E-state index is 10.2. The van der Waals surface area contributed by atoms with Gasteiger partial charge in [-0.3, -0.25) is 0 Å². The molecule has 0 saturated heterocycles. The van der Waals surface area contributed by atoms with Crippen LogP contribution in [0, 0.1) is 0 Å². The number of rotatable bonds is 3. The Bertz CT molecular complexity index is 305. The van der Waals surface area contributed by atoms with E-state index in [1.807, 2.05) is 0 Å². The van der Waals surface area contributed by atoms with Crippen molar-refractivity contribution < 1.29 is 5.11 Å². The lowest BCUT2D eigenvalue weighted by Crippen LogP contribution is -2.38. The number of aliphatic hydroxyl groups is 1. The molecule has 21 heavy (non-hydrogen) atoms. The van der Waals surface area contributed by atoms with Gasteiger partial charge in [0.2, 0.25) is 0 Å². The predicted octanol–water partition coefficient (Wildman–Crippen LogP) is 5.06. The van der Waals surface area contributed by atoms with Gasteiger partial charge in [-0.2, -0.15) is 0 Å². The highest BCUT2D eigenvalue weighted by atomic mass is 31.2. The molecule has 0 heterocycles. The summed E-state index contributed by atoms with van der Waals surface area (Å²) in [6.07, 6.45) is 18.6. The molecule has 3 aliphatic rings. The van der Waals surface area contributed by atoms with Crippen LogP contribution in [0.15, 0.2) is 0 Å². The zero-order valence-corrected chi connectivity index (χ0v) is 14.6. The quantitative estimate of drug-likeness (QED) is 0.571. The molecule has 1 N–H and O–H groups in total. The second-order valence-electron chi connectivity index (χ2n) is 7.95. The second kappa shape index (κ2) is 7.35. The van der Waals surface area contributed by atoms with Crippen LogP contribution in [0.3, 0.4) is 0 Å². The summed E-state index contributed by atoms with van der Waals surface area (Å²) in [6, 6.07) is 0. The first-order chi connectivity index (χ1) is 10.2. The minimum absolute atomic E-state index is 0.0566. The summed E-state index contributed by atoms with van der Waals surface area (Å²) >= 11 is 0. The SMILES string of the molecule is [B][P+](C1CCCCC1)(C1CCCCC1)C1CCCC(O)C1. The molecular formula is C18H33BOP+. The Balaban J connectivity index is 1.81. The van der Waals surface area contributed by atoms with Crippen LogP contribution in [0.4, 0.5) is 0 Å². The van der Waals surface area contributed by atoms with Crippen molar-refractivity contribution in [1.82, 2.24) is 0 Å². The van der Waals surface area contributed by atoms with E-state index >= 15 is 0 Å². The maximum Gasteiger partial charge on any atom is 0.366 e. The van der Waals surface area contributed by atoms with Crippen molar-refractivity contribution in [1.29, 1.82) is 0 Å². The van der Waals surface area contributed by atoms with Gasteiger partial charge in [0, 0.05) is 6.42 Å². The first kappa shape index (κ1) is 16.3. The third kappa shape index (κ3) is 3.53. The molecule has 0 aromatic carbocycles. The van der Waals surface area contributed by atoms with Gasteiger partial charge >= 0.3 is 7.57 Å². The third-order valence-corrected chi connectivity index (χ3v) is 12.0. The smallest absolute Gasteiger partial charge is 0.366 e. The summed E-state index contributed by atoms with van der Waals surface area (Å²) in [7, 11) is 5.99. The van der Waals surface area contributed by atoms with Crippen LogP contribution in [-0.2, 0) is 0 Å². The van der Waals surface area contributed by atoms with E-state index < -0.39 is 7.14 Å². The lowest BCUT2D eigenvalue weighted by atomic mass is 9.97. The van der Waals surface area contributed by atoms with E-state index in [4.69, 9.17) is 7.57 Å². The Hall–Kier alpha value is 0.455. The fourth-order valence-corrected chi connectivity index (χ4v) is 11.0. The van der Waals surface area contributed by atoms with Crippen LogP contribution < -0.4 is 0 Å². The molecule has 1 nitrogen and oxygen atoms in total. The van der Waals surface area contributed by atoms with E-state index in [1.54, 1.807) is 0 Å². The van der Waals surface area contributed by atoms with Crippen molar-refractivity contribution in [2.75, 3.05) is 0 Å². The molecule has 3 saturated carbocycles. The van der Waals surface area contributed by atoms with Gasteiger partial charge in [0.15, 0.2) is 0 Å². The van der Waals surface area contributed by atoms with Crippen molar-refractivity contribution in [3.8, 4) is 0 Å². The minimum Gasteiger partial charge on any atom is -0.393 e. The molecule has 2 radical (unpaired) electrons. The average molecular weight is 307 g/mol. The number of hydrogen-bond donors (Lipinski definition) is 1. The van der Waals surface area contributed by atoms with Crippen LogP contribution in [0.5, 0.6) is 0 Å². The minimum atomic E-state index is -1.39. The summed E-state index contributed by atoms with van der Waals surface area (Å²) in [6.45, 7) is 0. The largest absolute Gasteiger partial charge is 0.393 e. The summed E-state index contributed by atoms with van der Waals surface area (Å²) in [5.74, 6) is 0. The van der Waals surface area contributed by atoms with Gasteiger partial charge in [0.1, 0.15) is 0 Å². The van der Waals surface area contributed by atoms with E-state index in [1.165, 1.54) is 77.0 Å². The van der Waals surface area contributed by atoms with E-state index in [2.05, 4.69) is 0 Å². The molecule has 0 amide bonds. The molecule has 2 unspecified atom stereocenters. The number of hydrogen-bond acceptors (Lipinski definition) is 1. The first-order valence-corrected chi connectivity index (χ1v) is 11.6. The fraction of sp³-hybridized carbons (Fsp3) is 1.00. The van der Waals surface area contributed by atoms with Gasteiger partial charge in [-0.25, -0.2) is 0 Å². The van der Waals surface area contributed by atoms with Gasteiger partial charge in [-0.15, -0.1) is 0 Å². The van der Waals surface area contributed by atoms with Crippen molar-refractivity contribution in [3.05, 3.63) is 0 Å². The van der Waals surface area contributed by atoms with E-state index in [-0.39, 0.29) is 6.10 Å². The standard InChI is InChI=1S/C18H33BOP/c19-21(16-9-3-1-4-10-16,17-11-5-2-6-12-17)18-13-7-8-15(20)14-18/h15-18,20H,1-14H2/q+1. The van der Waals surface area contributed by atoms with Crippen molar-refractivity contribution >= 4 is 14.7 Å². The van der Waals surface area contributed by atoms with Crippen LogP contribution in [0.1, 0.15) is 89.9 Å². The molecule has 0 bridgehead atoms. The molecule has 0 spiro atoms. The lowest BCUT2D eigenvalue weighted by molar-refractivity contribution is 0.131. The molecule has 2 atom stereocenters. The predicted molar refractivity (Wildman–Crippen MR) is 94.7 cm³/mol. The molecule has 118 valence electrons. The van der Waals surface area contributed by atoms with Gasteiger partial charge < -0.3 is 5.11 Å². The van der Waals surface area contributed by atoms with Crippen LogP contribution in [0.25, 0.3) is 0 Å². The van der Waals surface area contributed by atoms with Crippen molar-refractivity contribution in [2.45, 2.75) is 113 Å². The summed E-state index contributed by atoms with van der Waals surface area (Å²) in [5.41, 5.74) is 2.36. The van der Waals surface area contributed by atoms with Crippen LogP contribution >= 0.6 is 7.14 Å². The van der Waals surface area contributed by atoms with Crippen molar-refractivity contribution in [3.63, 3.8) is 0 Å². The van der Waals surface area contributed by atoms with Gasteiger partial charge in [-0.05, 0) is 77.8 Å². The highest BCUT2D eigenvalue weighted by Crippen LogP contribution is 2.74. The second-order valence-corrected chi connectivity index (χ2v) is 11.9. The highest BCUT2D eigenvalue weighted by molar-refractivity contribution is 7.99. The molecule has 0 aromatic rings. The van der Waals surface area contributed by atoms with E-state index in [9.17, 15) is 5.11 Å². The highest BCUT2D eigenvalue weighted by Gasteiger charge is 2.53. The average Bonchev–Trinajstić information content (AvgIpc) is 2.56. The topological polar surface area (TPSA) is 20.2 Å². The van der Waals surface area contributed by atoms with Crippen LogP contribution in [-0.4, -0.2) is 35.8 Å². The number of aliphatic hydroxyl groups excluding tert-OH is 1. The molecular weight excluding hydrogens is 274 g/mol. The summed E-state index contributed by atoms with van der Waals surface area (Å²) in [4.78, 5) is 0. The van der Waals surface area contributed by atoms with Crippen molar-refractivity contribution in [2.24, 2.45) is 0 Å². The lowest BCUT2D eigenvalue weighted by Gasteiger charge is -2.48. The molecule has 0 aromatic heterocycles. The molecule has 3 heteroatoms. The Morgan fingerprint density at radius 2 is 1.10 bits per heavy atom. The Morgan fingerprint density at radius 1 is 0.619 bits per heavy atom. The zero-order chi connectivity index (χ0) is 14.7. The Labute approximate surface area is 133 Å². The van der Waals surface area contributed by atoms with Gasteiger partial charge in [0.05, 0.1) is 23.1 Å². The maximum atomic E-state index is 10.2. The van der Waals surface area contributed by atoms with Gasteiger partial charge in [0.25, 0.3) is 0 Å². The monoisotopic (exact) mass is 307 g/mol. The molecule has 3 aliphatic carbocycles. The molecule has 0 aliphatic heterocycles. The normalized spacial score (nSPS) is 34.0. The first-order valence-electron chi connectivity index (χ1n) is 9.56. The molecule has 3 fully saturated rings. The Kier molecular flexibility index (Phi) is 5.71. The summed E-state index contributed by atoms with van der Waals surface area (Å²) < 4.78 is 0. The summed E-state index contributed by atoms with van der Waals surface area (Å²) in [5, 5.41) is 10.2. The van der Waals surface area contributed by atoms with E-state index in [0.29, 0.717) is 5.66 Å². The van der Waals surface area contributed by atoms with E-state index in [0.717, 1.165) is 24.2 Å². The molecule has 3 rings (SSSR count). The Morgan fingerprint density at radius 3 is 1.57 bits per heavy atom.